The van der Waals surface area contributed by atoms with E-state index in [2.05, 4.69) is 216 Å². The normalized spacial score (nSPS) is 11.7. The lowest BCUT2D eigenvalue weighted by molar-refractivity contribution is 1.30. The zero-order chi connectivity index (χ0) is 38.9. The van der Waals surface area contributed by atoms with E-state index in [-0.39, 0.29) is 0 Å². The summed E-state index contributed by atoms with van der Waals surface area (Å²) < 4.78 is 7.76. The van der Waals surface area contributed by atoms with Crippen molar-refractivity contribution in [3.63, 3.8) is 0 Å². The van der Waals surface area contributed by atoms with Gasteiger partial charge in [-0.15, -0.1) is 34.0 Å². The van der Waals surface area contributed by atoms with Gasteiger partial charge in [0.2, 0.25) is 0 Å². The van der Waals surface area contributed by atoms with Crippen LogP contribution in [0.15, 0.2) is 206 Å². The average Bonchev–Trinajstić information content (AvgIpc) is 3.99. The van der Waals surface area contributed by atoms with E-state index in [4.69, 9.17) is 0 Å². The van der Waals surface area contributed by atoms with Gasteiger partial charge in [0.1, 0.15) is 0 Å². The Balaban J connectivity index is 1.00. The largest absolute Gasteiger partial charge is 0.310 e. The van der Waals surface area contributed by atoms with E-state index >= 15 is 0 Å². The smallest absolute Gasteiger partial charge is 0.0640 e. The first-order valence-electron chi connectivity index (χ1n) is 19.8. The number of para-hydroxylation sites is 1. The standard InChI is InChI=1S/C54H34N2S3/c1-3-12-35(13-4-1)36-22-24-38(25-23-36)56(48-19-11-18-45-42-16-7-10-21-50(42)59-54(45)48)40-28-31-52-47(33-40)44-29-26-41(34-53(44)58-52)55(37-14-5-2-6-15-37)39-27-30-51-46(32-39)43-17-8-9-20-49(43)57-51/h1-34H. The third kappa shape index (κ3) is 5.81. The zero-order valence-corrected chi connectivity index (χ0v) is 34.2. The number of anilines is 6. The summed E-state index contributed by atoms with van der Waals surface area (Å²) in [7, 11) is 0. The first-order chi connectivity index (χ1) is 29.2. The molecule has 12 rings (SSSR count). The molecule has 59 heavy (non-hydrogen) atoms. The molecule has 0 unspecified atom stereocenters. The highest BCUT2D eigenvalue weighted by Crippen LogP contribution is 2.48. The van der Waals surface area contributed by atoms with Gasteiger partial charge in [0.05, 0.1) is 10.4 Å². The Bertz CT molecular complexity index is 3510. The van der Waals surface area contributed by atoms with Crippen molar-refractivity contribution < 1.29 is 0 Å². The monoisotopic (exact) mass is 806 g/mol. The van der Waals surface area contributed by atoms with E-state index in [1.165, 1.54) is 77.3 Å². The molecule has 0 fully saturated rings. The summed E-state index contributed by atoms with van der Waals surface area (Å²) in [6.07, 6.45) is 0. The molecular weight excluding hydrogens is 773 g/mol. The Kier molecular flexibility index (Phi) is 8.12. The maximum absolute atomic E-state index is 2.45. The highest BCUT2D eigenvalue weighted by atomic mass is 32.1. The molecule has 2 nitrogen and oxygen atoms in total. The molecule has 278 valence electrons. The van der Waals surface area contributed by atoms with Crippen LogP contribution in [0.4, 0.5) is 34.1 Å². The number of rotatable bonds is 7. The van der Waals surface area contributed by atoms with Crippen molar-refractivity contribution in [3.05, 3.63) is 206 Å². The summed E-state index contributed by atoms with van der Waals surface area (Å²) in [6.45, 7) is 0. The summed E-state index contributed by atoms with van der Waals surface area (Å²) in [5.41, 5.74) is 9.31. The highest BCUT2D eigenvalue weighted by Gasteiger charge is 2.21. The first kappa shape index (κ1) is 34.3. The van der Waals surface area contributed by atoms with Gasteiger partial charge < -0.3 is 9.80 Å². The second-order valence-electron chi connectivity index (χ2n) is 14.9. The van der Waals surface area contributed by atoms with Crippen molar-refractivity contribution in [2.75, 3.05) is 9.80 Å². The molecule has 3 heterocycles. The molecule has 0 bridgehead atoms. The average molecular weight is 807 g/mol. The van der Waals surface area contributed by atoms with Gasteiger partial charge in [-0.3, -0.25) is 0 Å². The fourth-order valence-corrected chi connectivity index (χ4v) is 12.1. The molecule has 0 N–H and O–H groups in total. The highest BCUT2D eigenvalue weighted by molar-refractivity contribution is 7.27. The lowest BCUT2D eigenvalue weighted by Crippen LogP contribution is -2.10. The van der Waals surface area contributed by atoms with Crippen LogP contribution < -0.4 is 9.80 Å². The molecule has 0 aliphatic rings. The van der Waals surface area contributed by atoms with E-state index in [0.29, 0.717) is 0 Å². The van der Waals surface area contributed by atoms with Crippen molar-refractivity contribution in [2.45, 2.75) is 0 Å². The third-order valence-corrected chi connectivity index (χ3v) is 14.9. The summed E-state index contributed by atoms with van der Waals surface area (Å²) in [4.78, 5) is 4.85. The Hall–Kier alpha value is -6.76. The van der Waals surface area contributed by atoms with Crippen LogP contribution in [0.3, 0.4) is 0 Å². The van der Waals surface area contributed by atoms with Gasteiger partial charge in [0.25, 0.3) is 0 Å². The second kappa shape index (κ2) is 14.0. The van der Waals surface area contributed by atoms with Crippen LogP contribution in [-0.2, 0) is 0 Å². The number of nitrogens with zero attached hydrogens (tertiary/aromatic N) is 2. The molecule has 3 aromatic heterocycles. The van der Waals surface area contributed by atoms with Gasteiger partial charge in [-0.2, -0.15) is 0 Å². The molecule has 5 heteroatoms. The first-order valence-corrected chi connectivity index (χ1v) is 22.3. The minimum absolute atomic E-state index is 1.13. The number of hydrogen-bond donors (Lipinski definition) is 0. The van der Waals surface area contributed by atoms with Crippen molar-refractivity contribution in [2.24, 2.45) is 0 Å². The predicted octanol–water partition coefficient (Wildman–Crippen LogP) is 17.4. The third-order valence-electron chi connectivity index (χ3n) is 11.4. The summed E-state index contributed by atoms with van der Waals surface area (Å²) in [5, 5.41) is 7.73. The van der Waals surface area contributed by atoms with Crippen LogP contribution >= 0.6 is 34.0 Å². The van der Waals surface area contributed by atoms with Gasteiger partial charge in [-0.05, 0) is 102 Å². The molecule has 0 spiro atoms. The van der Waals surface area contributed by atoms with Crippen LogP contribution in [0.25, 0.3) is 71.6 Å². The van der Waals surface area contributed by atoms with Crippen molar-refractivity contribution >= 4 is 129 Å². The van der Waals surface area contributed by atoms with Crippen LogP contribution in [0.2, 0.25) is 0 Å². The molecule has 12 aromatic rings. The van der Waals surface area contributed by atoms with Crippen molar-refractivity contribution in [3.8, 4) is 11.1 Å². The molecular formula is C54H34N2S3. The summed E-state index contributed by atoms with van der Waals surface area (Å²) in [6, 6.07) is 75.6. The van der Waals surface area contributed by atoms with E-state index < -0.39 is 0 Å². The zero-order valence-electron chi connectivity index (χ0n) is 31.7. The van der Waals surface area contributed by atoms with Gasteiger partial charge in [-0.1, -0.05) is 115 Å². The molecule has 0 aliphatic heterocycles. The second-order valence-corrected chi connectivity index (χ2v) is 18.1. The molecule has 9 aromatic carbocycles. The van der Waals surface area contributed by atoms with Gasteiger partial charge in [-0.25, -0.2) is 0 Å². The molecule has 0 amide bonds. The van der Waals surface area contributed by atoms with Crippen LogP contribution in [0.5, 0.6) is 0 Å². The number of hydrogen-bond acceptors (Lipinski definition) is 5. The number of benzene rings is 9. The molecule has 0 atom stereocenters. The maximum atomic E-state index is 2.45. The summed E-state index contributed by atoms with van der Waals surface area (Å²) >= 11 is 5.60. The quantitative estimate of drug-likeness (QED) is 0.158. The fraction of sp³-hybridized carbons (Fsp3) is 0. The van der Waals surface area contributed by atoms with Gasteiger partial charge in [0.15, 0.2) is 0 Å². The van der Waals surface area contributed by atoms with E-state index in [1.54, 1.807) is 0 Å². The lowest BCUT2D eigenvalue weighted by Gasteiger charge is -2.26. The van der Waals surface area contributed by atoms with Gasteiger partial charge in [0, 0.05) is 84.3 Å². The Morgan fingerprint density at radius 2 is 0.729 bits per heavy atom. The van der Waals surface area contributed by atoms with Crippen molar-refractivity contribution in [1.29, 1.82) is 0 Å². The minimum atomic E-state index is 1.13. The van der Waals surface area contributed by atoms with Crippen LogP contribution in [0.1, 0.15) is 0 Å². The van der Waals surface area contributed by atoms with Crippen LogP contribution in [0, 0.1) is 0 Å². The SMILES string of the molecule is c1ccc(-c2ccc(N(c3ccc4sc5cc(N(c6ccccc6)c6ccc7sc8ccccc8c7c6)ccc5c4c3)c3cccc4c3sc3ccccc34)cc2)cc1. The molecule has 0 saturated heterocycles. The molecule has 0 saturated carbocycles. The van der Waals surface area contributed by atoms with Crippen LogP contribution in [-0.4, -0.2) is 0 Å². The number of fused-ring (bicyclic) bond motifs is 9. The molecule has 0 radical (unpaired) electrons. The topological polar surface area (TPSA) is 6.48 Å². The Labute approximate surface area is 353 Å². The van der Waals surface area contributed by atoms with Crippen molar-refractivity contribution in [1.82, 2.24) is 0 Å². The minimum Gasteiger partial charge on any atom is -0.310 e. The molecule has 0 aliphatic carbocycles. The van der Waals surface area contributed by atoms with Gasteiger partial charge >= 0.3 is 0 Å². The Morgan fingerprint density at radius 1 is 0.254 bits per heavy atom. The Morgan fingerprint density at radius 3 is 1.46 bits per heavy atom. The lowest BCUT2D eigenvalue weighted by atomic mass is 10.0. The van der Waals surface area contributed by atoms with E-state index in [0.717, 1.165) is 28.4 Å². The maximum Gasteiger partial charge on any atom is 0.0640 e. The number of thiophene rings is 3. The predicted molar refractivity (Wildman–Crippen MR) is 260 cm³/mol. The summed E-state index contributed by atoms with van der Waals surface area (Å²) in [5.74, 6) is 0. The van der Waals surface area contributed by atoms with E-state index in [1.807, 2.05) is 34.0 Å². The van der Waals surface area contributed by atoms with E-state index in [9.17, 15) is 0 Å². The fourth-order valence-electron chi connectivity index (χ4n) is 8.68.